The van der Waals surface area contributed by atoms with E-state index >= 15 is 0 Å². The SMILES string of the molecule is CC1(C)CCC(NS(=O)(=O)c2ccc(Cl)c(N)c2)C1. The first-order chi connectivity index (χ1) is 8.70. The van der Waals surface area contributed by atoms with E-state index in [2.05, 4.69) is 18.6 Å². The highest BCUT2D eigenvalue weighted by Gasteiger charge is 2.33. The van der Waals surface area contributed by atoms with Gasteiger partial charge in [0, 0.05) is 6.04 Å². The molecule has 6 heteroatoms. The largest absolute Gasteiger partial charge is 0.397 e. The molecule has 0 aliphatic heterocycles. The predicted molar refractivity (Wildman–Crippen MR) is 77.6 cm³/mol. The summed E-state index contributed by atoms with van der Waals surface area (Å²) in [6, 6.07) is 4.37. The summed E-state index contributed by atoms with van der Waals surface area (Å²) in [5.41, 5.74) is 6.12. The molecule has 0 bridgehead atoms. The van der Waals surface area contributed by atoms with Gasteiger partial charge in [-0.15, -0.1) is 0 Å². The number of sulfonamides is 1. The highest BCUT2D eigenvalue weighted by atomic mass is 35.5. The van der Waals surface area contributed by atoms with Crippen molar-refractivity contribution in [2.75, 3.05) is 5.73 Å². The van der Waals surface area contributed by atoms with Gasteiger partial charge in [-0.25, -0.2) is 13.1 Å². The van der Waals surface area contributed by atoms with Crippen LogP contribution in [-0.2, 0) is 10.0 Å². The van der Waals surface area contributed by atoms with Gasteiger partial charge in [0.15, 0.2) is 0 Å². The summed E-state index contributed by atoms with van der Waals surface area (Å²) in [6.45, 7) is 4.31. The van der Waals surface area contributed by atoms with Gasteiger partial charge in [-0.1, -0.05) is 25.4 Å². The normalized spacial score (nSPS) is 22.6. The number of benzene rings is 1. The van der Waals surface area contributed by atoms with E-state index in [1.54, 1.807) is 0 Å². The Morgan fingerprint density at radius 1 is 1.42 bits per heavy atom. The van der Waals surface area contributed by atoms with Gasteiger partial charge in [-0.05, 0) is 42.9 Å². The van der Waals surface area contributed by atoms with Crippen molar-refractivity contribution in [2.24, 2.45) is 5.41 Å². The Labute approximate surface area is 119 Å². The van der Waals surface area contributed by atoms with Crippen molar-refractivity contribution in [1.82, 2.24) is 4.72 Å². The van der Waals surface area contributed by atoms with Crippen LogP contribution in [0.2, 0.25) is 5.02 Å². The van der Waals surface area contributed by atoms with Crippen LogP contribution in [0.5, 0.6) is 0 Å². The van der Waals surface area contributed by atoms with Gasteiger partial charge in [0.1, 0.15) is 0 Å². The summed E-state index contributed by atoms with van der Waals surface area (Å²) in [6.07, 6.45) is 2.76. The number of nitrogen functional groups attached to an aromatic ring is 1. The molecule has 1 aromatic carbocycles. The first-order valence-electron chi connectivity index (χ1n) is 6.27. The fourth-order valence-corrected chi connectivity index (χ4v) is 3.94. The van der Waals surface area contributed by atoms with Gasteiger partial charge in [0.05, 0.1) is 15.6 Å². The van der Waals surface area contributed by atoms with E-state index in [1.165, 1.54) is 18.2 Å². The summed E-state index contributed by atoms with van der Waals surface area (Å²) in [5, 5.41) is 0.362. The van der Waals surface area contributed by atoms with Crippen molar-refractivity contribution in [3.05, 3.63) is 23.2 Å². The summed E-state index contributed by atoms with van der Waals surface area (Å²) in [7, 11) is -3.52. The molecule has 1 aliphatic carbocycles. The minimum atomic E-state index is -3.52. The molecule has 1 atom stereocenters. The molecular weight excluding hydrogens is 284 g/mol. The minimum absolute atomic E-state index is 0.00287. The molecule has 1 fully saturated rings. The van der Waals surface area contributed by atoms with Crippen molar-refractivity contribution >= 4 is 27.3 Å². The van der Waals surface area contributed by atoms with Crippen LogP contribution >= 0.6 is 11.6 Å². The Morgan fingerprint density at radius 3 is 2.63 bits per heavy atom. The molecular formula is C13H19ClN2O2S. The highest BCUT2D eigenvalue weighted by molar-refractivity contribution is 7.89. The third-order valence-electron chi connectivity index (χ3n) is 3.57. The van der Waals surface area contributed by atoms with E-state index in [-0.39, 0.29) is 22.0 Å². The number of hydrogen-bond donors (Lipinski definition) is 2. The molecule has 0 heterocycles. The van der Waals surface area contributed by atoms with Crippen molar-refractivity contribution in [3.8, 4) is 0 Å². The molecule has 0 saturated heterocycles. The van der Waals surface area contributed by atoms with Crippen molar-refractivity contribution in [3.63, 3.8) is 0 Å². The van der Waals surface area contributed by atoms with Crippen LogP contribution in [-0.4, -0.2) is 14.5 Å². The second-order valence-electron chi connectivity index (χ2n) is 5.91. The lowest BCUT2D eigenvalue weighted by molar-refractivity contribution is 0.372. The molecule has 4 nitrogen and oxygen atoms in total. The Hall–Kier alpha value is -0.780. The number of nitrogens with two attached hydrogens (primary N) is 1. The summed E-state index contributed by atoms with van der Waals surface area (Å²) in [5.74, 6) is 0. The van der Waals surface area contributed by atoms with E-state index < -0.39 is 10.0 Å². The molecule has 2 rings (SSSR count). The molecule has 0 aromatic heterocycles. The van der Waals surface area contributed by atoms with E-state index in [1.807, 2.05) is 0 Å². The maximum atomic E-state index is 12.3. The predicted octanol–water partition coefficient (Wildman–Crippen LogP) is 2.78. The average molecular weight is 303 g/mol. The zero-order chi connectivity index (χ0) is 14.3. The first kappa shape index (κ1) is 14.6. The van der Waals surface area contributed by atoms with Crippen LogP contribution < -0.4 is 10.5 Å². The molecule has 19 heavy (non-hydrogen) atoms. The van der Waals surface area contributed by atoms with E-state index in [9.17, 15) is 8.42 Å². The molecule has 1 aromatic rings. The van der Waals surface area contributed by atoms with Gasteiger partial charge >= 0.3 is 0 Å². The fourth-order valence-electron chi connectivity index (χ4n) is 2.51. The van der Waals surface area contributed by atoms with Gasteiger partial charge in [0.25, 0.3) is 0 Å². The van der Waals surface area contributed by atoms with Crippen molar-refractivity contribution < 1.29 is 8.42 Å². The number of hydrogen-bond acceptors (Lipinski definition) is 3. The van der Waals surface area contributed by atoms with Crippen LogP contribution in [0.1, 0.15) is 33.1 Å². The third-order valence-corrected chi connectivity index (χ3v) is 5.43. The number of halogens is 1. The second kappa shape index (κ2) is 4.96. The minimum Gasteiger partial charge on any atom is -0.397 e. The van der Waals surface area contributed by atoms with Crippen LogP contribution in [0.15, 0.2) is 23.1 Å². The molecule has 0 radical (unpaired) electrons. The lowest BCUT2D eigenvalue weighted by Gasteiger charge is -2.18. The van der Waals surface area contributed by atoms with Crippen molar-refractivity contribution in [2.45, 2.75) is 44.0 Å². The zero-order valence-corrected chi connectivity index (χ0v) is 12.7. The number of anilines is 1. The fraction of sp³-hybridized carbons (Fsp3) is 0.538. The van der Waals surface area contributed by atoms with E-state index in [0.717, 1.165) is 19.3 Å². The number of rotatable bonds is 3. The maximum absolute atomic E-state index is 12.3. The first-order valence-corrected chi connectivity index (χ1v) is 8.13. The second-order valence-corrected chi connectivity index (χ2v) is 8.03. The van der Waals surface area contributed by atoms with Crippen LogP contribution in [0.25, 0.3) is 0 Å². The lowest BCUT2D eigenvalue weighted by Crippen LogP contribution is -2.33. The molecule has 106 valence electrons. The van der Waals surface area contributed by atoms with E-state index in [4.69, 9.17) is 17.3 Å². The Bertz CT molecular complexity index is 584. The smallest absolute Gasteiger partial charge is 0.240 e. The van der Waals surface area contributed by atoms with Crippen LogP contribution in [0.3, 0.4) is 0 Å². The zero-order valence-electron chi connectivity index (χ0n) is 11.1. The summed E-state index contributed by atoms with van der Waals surface area (Å²) >= 11 is 5.80. The van der Waals surface area contributed by atoms with Crippen LogP contribution in [0.4, 0.5) is 5.69 Å². The highest BCUT2D eigenvalue weighted by Crippen LogP contribution is 2.37. The van der Waals surface area contributed by atoms with Gasteiger partial charge in [0.2, 0.25) is 10.0 Å². The van der Waals surface area contributed by atoms with Gasteiger partial charge in [-0.3, -0.25) is 0 Å². The Morgan fingerprint density at radius 2 is 2.11 bits per heavy atom. The lowest BCUT2D eigenvalue weighted by atomic mass is 9.92. The summed E-state index contributed by atoms with van der Waals surface area (Å²) in [4.78, 5) is 0.166. The quantitative estimate of drug-likeness (QED) is 0.843. The topological polar surface area (TPSA) is 72.2 Å². The Balaban J connectivity index is 2.17. The molecule has 0 spiro atoms. The Kier molecular flexibility index (Phi) is 3.82. The monoisotopic (exact) mass is 302 g/mol. The van der Waals surface area contributed by atoms with Gasteiger partial charge < -0.3 is 5.73 Å². The molecule has 3 N–H and O–H groups in total. The molecule has 1 aliphatic rings. The molecule has 1 unspecified atom stereocenters. The third kappa shape index (κ3) is 3.41. The van der Waals surface area contributed by atoms with Crippen LogP contribution in [0, 0.1) is 5.41 Å². The average Bonchev–Trinajstić information content (AvgIpc) is 2.61. The van der Waals surface area contributed by atoms with Crippen molar-refractivity contribution in [1.29, 1.82) is 0 Å². The summed E-state index contributed by atoms with van der Waals surface area (Å²) < 4.78 is 27.3. The number of nitrogens with one attached hydrogen (secondary N) is 1. The molecule has 1 saturated carbocycles. The molecule has 0 amide bonds. The standard InChI is InChI=1S/C13H19ClN2O2S/c1-13(2)6-5-9(8-13)16-19(17,18)10-3-4-11(14)12(15)7-10/h3-4,7,9,16H,5-6,8,15H2,1-2H3. The van der Waals surface area contributed by atoms with Gasteiger partial charge in [-0.2, -0.15) is 0 Å². The van der Waals surface area contributed by atoms with E-state index in [0.29, 0.717) is 5.02 Å². The maximum Gasteiger partial charge on any atom is 0.240 e.